The lowest BCUT2D eigenvalue weighted by molar-refractivity contribution is -0.0312. The number of aliphatic hydroxyl groups is 1. The van der Waals surface area contributed by atoms with E-state index in [1.165, 1.54) is 28.7 Å². The number of hydrogen-bond acceptors (Lipinski definition) is 10. The number of ether oxygens (including phenoxy) is 2. The third-order valence-corrected chi connectivity index (χ3v) is 10.2. The lowest BCUT2D eigenvalue weighted by Gasteiger charge is -2.38. The standard InChI is InChI=1S/C26H32N4O8S2.ClH/c27-39(33,34)21-5-3-4-20(12-21)37-17-19(31)14-28-18-13-26(38-16-18)8-10-30(11-9-26)40(35,36)24-15-29-23-7-2-1-6-22(23)25(24)32;/h1-7,12,15,18-19,28,31H,8-11,13-14,16-17H2,(H,29,32)(H2,27,33,34);1H. The molecule has 0 aliphatic carbocycles. The number of fused-ring (bicyclic) bond motifs is 1. The van der Waals surface area contributed by atoms with E-state index >= 15 is 0 Å². The average molecular weight is 629 g/mol. The van der Waals surface area contributed by atoms with Gasteiger partial charge in [0.25, 0.3) is 0 Å². The van der Waals surface area contributed by atoms with E-state index < -0.39 is 31.8 Å². The summed E-state index contributed by atoms with van der Waals surface area (Å²) in [7, 11) is -7.80. The largest absolute Gasteiger partial charge is 0.506 e. The van der Waals surface area contributed by atoms with Crippen LogP contribution in [0.15, 0.2) is 64.5 Å². The minimum absolute atomic E-state index is 0. The van der Waals surface area contributed by atoms with Crippen molar-refractivity contribution in [2.24, 2.45) is 5.14 Å². The number of piperidine rings is 1. The van der Waals surface area contributed by atoms with Crippen molar-refractivity contribution in [2.75, 3.05) is 32.8 Å². The molecule has 2 aliphatic heterocycles. The molecular formula is C26H33ClN4O8S2. The second kappa shape index (κ2) is 12.4. The van der Waals surface area contributed by atoms with Crippen molar-refractivity contribution in [3.8, 4) is 11.5 Å². The molecule has 41 heavy (non-hydrogen) atoms. The molecule has 224 valence electrons. The molecule has 0 radical (unpaired) electrons. The van der Waals surface area contributed by atoms with Gasteiger partial charge in [-0.1, -0.05) is 18.2 Å². The SMILES string of the molecule is Cl.NS(=O)(=O)c1cccc(OCC(O)CNC2COC3(CCN(S(=O)(=O)c4cnc5ccccc5c4O)CC3)C2)c1. The van der Waals surface area contributed by atoms with Gasteiger partial charge < -0.3 is 25.0 Å². The molecule has 2 atom stereocenters. The first-order chi connectivity index (χ1) is 19.0. The van der Waals surface area contributed by atoms with Gasteiger partial charge in [0.05, 0.1) is 28.8 Å². The number of aromatic nitrogens is 1. The number of sulfonamides is 2. The molecule has 5 rings (SSSR count). The molecule has 12 nitrogen and oxygen atoms in total. The Kier molecular flexibility index (Phi) is 9.45. The topological polar surface area (TPSA) is 181 Å². The maximum atomic E-state index is 13.3. The Bertz CT molecular complexity index is 1600. The van der Waals surface area contributed by atoms with Crippen LogP contribution in [0.3, 0.4) is 0 Å². The zero-order chi connectivity index (χ0) is 28.5. The number of aliphatic hydroxyl groups excluding tert-OH is 1. The van der Waals surface area contributed by atoms with Gasteiger partial charge in [0.15, 0.2) is 0 Å². The van der Waals surface area contributed by atoms with Crippen molar-refractivity contribution < 1.29 is 36.5 Å². The second-order valence-corrected chi connectivity index (χ2v) is 13.6. The molecule has 2 saturated heterocycles. The Morgan fingerprint density at radius 1 is 1.15 bits per heavy atom. The number of pyridine rings is 1. The van der Waals surface area contributed by atoms with Crippen molar-refractivity contribution in [3.63, 3.8) is 0 Å². The van der Waals surface area contributed by atoms with Crippen molar-refractivity contribution in [1.29, 1.82) is 0 Å². The fraction of sp³-hybridized carbons (Fsp3) is 0.423. The number of aromatic hydroxyl groups is 1. The van der Waals surface area contributed by atoms with Gasteiger partial charge in [-0.3, -0.25) is 4.98 Å². The minimum atomic E-state index is -3.94. The second-order valence-electron chi connectivity index (χ2n) is 10.2. The summed E-state index contributed by atoms with van der Waals surface area (Å²) in [6.45, 7) is 1.09. The highest BCUT2D eigenvalue weighted by atomic mass is 35.5. The van der Waals surface area contributed by atoms with Crippen LogP contribution < -0.4 is 15.2 Å². The third kappa shape index (κ3) is 6.92. The molecule has 2 fully saturated rings. The summed E-state index contributed by atoms with van der Waals surface area (Å²) < 4.78 is 62.6. The number of nitrogens with one attached hydrogen (secondary N) is 1. The summed E-state index contributed by atoms with van der Waals surface area (Å²) in [5, 5.41) is 29.8. The van der Waals surface area contributed by atoms with Crippen LogP contribution in [-0.4, -0.2) is 86.9 Å². The van der Waals surface area contributed by atoms with E-state index in [0.29, 0.717) is 36.8 Å². The summed E-state index contributed by atoms with van der Waals surface area (Å²) in [6.07, 6.45) is 2.00. The van der Waals surface area contributed by atoms with Crippen LogP contribution in [0.2, 0.25) is 0 Å². The number of primary sulfonamides is 1. The van der Waals surface area contributed by atoms with E-state index in [9.17, 15) is 27.0 Å². The fourth-order valence-electron chi connectivity index (χ4n) is 5.19. The third-order valence-electron chi connectivity index (χ3n) is 7.39. The molecule has 3 heterocycles. The van der Waals surface area contributed by atoms with Crippen LogP contribution in [0.4, 0.5) is 0 Å². The zero-order valence-corrected chi connectivity index (χ0v) is 24.5. The number of nitrogens with two attached hydrogens (primary N) is 1. The minimum Gasteiger partial charge on any atom is -0.506 e. The fourth-order valence-corrected chi connectivity index (χ4v) is 7.22. The van der Waals surface area contributed by atoms with Crippen LogP contribution in [-0.2, 0) is 24.8 Å². The van der Waals surface area contributed by atoms with E-state index in [1.54, 1.807) is 30.3 Å². The van der Waals surface area contributed by atoms with Crippen molar-refractivity contribution in [3.05, 3.63) is 54.7 Å². The Balaban J connectivity index is 0.00000387. The Hall–Kier alpha value is -2.56. The molecule has 2 aromatic carbocycles. The van der Waals surface area contributed by atoms with Crippen LogP contribution in [0.5, 0.6) is 11.5 Å². The molecule has 5 N–H and O–H groups in total. The quantitative estimate of drug-likeness (QED) is 0.270. The van der Waals surface area contributed by atoms with Gasteiger partial charge in [-0.25, -0.2) is 22.0 Å². The number of halogens is 1. The average Bonchev–Trinajstić information content (AvgIpc) is 3.33. The van der Waals surface area contributed by atoms with Crippen molar-refractivity contribution >= 4 is 43.4 Å². The van der Waals surface area contributed by atoms with E-state index in [2.05, 4.69) is 10.3 Å². The molecule has 3 aromatic rings. The summed E-state index contributed by atoms with van der Waals surface area (Å²) in [4.78, 5) is 3.92. The summed E-state index contributed by atoms with van der Waals surface area (Å²) in [5.74, 6) is -0.0184. The van der Waals surface area contributed by atoms with Crippen molar-refractivity contribution in [2.45, 2.75) is 46.8 Å². The van der Waals surface area contributed by atoms with E-state index in [1.807, 2.05) is 0 Å². The molecule has 2 unspecified atom stereocenters. The molecular weight excluding hydrogens is 596 g/mol. The van der Waals surface area contributed by atoms with Gasteiger partial charge in [0.1, 0.15) is 29.1 Å². The summed E-state index contributed by atoms with van der Waals surface area (Å²) in [6, 6.07) is 12.5. The lowest BCUT2D eigenvalue weighted by atomic mass is 9.88. The number of rotatable bonds is 9. The molecule has 0 amide bonds. The molecule has 0 bridgehead atoms. The monoisotopic (exact) mass is 628 g/mol. The normalized spacial score (nSPS) is 20.1. The summed E-state index contributed by atoms with van der Waals surface area (Å²) in [5.41, 5.74) is 0.0468. The highest BCUT2D eigenvalue weighted by Gasteiger charge is 2.45. The van der Waals surface area contributed by atoms with Crippen LogP contribution >= 0.6 is 12.4 Å². The molecule has 1 aromatic heterocycles. The number of para-hydroxylation sites is 1. The molecule has 0 saturated carbocycles. The van der Waals surface area contributed by atoms with E-state index in [0.717, 1.165) is 0 Å². The van der Waals surface area contributed by atoms with Gasteiger partial charge >= 0.3 is 0 Å². The maximum absolute atomic E-state index is 13.3. The van der Waals surface area contributed by atoms with Gasteiger partial charge in [-0.2, -0.15) is 4.31 Å². The molecule has 2 aliphatic rings. The Morgan fingerprint density at radius 3 is 2.61 bits per heavy atom. The van der Waals surface area contributed by atoms with Gasteiger partial charge in [-0.15, -0.1) is 12.4 Å². The first kappa shape index (κ1) is 31.4. The van der Waals surface area contributed by atoms with E-state index in [4.69, 9.17) is 14.6 Å². The number of benzene rings is 2. The highest BCUT2D eigenvalue weighted by Crippen LogP contribution is 2.39. The Morgan fingerprint density at radius 2 is 1.88 bits per heavy atom. The zero-order valence-electron chi connectivity index (χ0n) is 22.0. The summed E-state index contributed by atoms with van der Waals surface area (Å²) >= 11 is 0. The van der Waals surface area contributed by atoms with E-state index in [-0.39, 0.29) is 66.0 Å². The van der Waals surface area contributed by atoms with Crippen LogP contribution in [0.25, 0.3) is 10.9 Å². The van der Waals surface area contributed by atoms with Crippen molar-refractivity contribution in [1.82, 2.24) is 14.6 Å². The predicted octanol–water partition coefficient (Wildman–Crippen LogP) is 1.35. The van der Waals surface area contributed by atoms with Crippen LogP contribution in [0, 0.1) is 0 Å². The van der Waals surface area contributed by atoms with Gasteiger partial charge in [0.2, 0.25) is 20.0 Å². The first-order valence-electron chi connectivity index (χ1n) is 12.8. The smallest absolute Gasteiger partial charge is 0.248 e. The van der Waals surface area contributed by atoms with Gasteiger partial charge in [-0.05, 0) is 43.5 Å². The molecule has 1 spiro atoms. The number of nitrogens with zero attached hydrogens (tertiary/aromatic N) is 2. The lowest BCUT2D eigenvalue weighted by Crippen LogP contribution is -2.47. The van der Waals surface area contributed by atoms with Crippen LogP contribution in [0.1, 0.15) is 19.3 Å². The van der Waals surface area contributed by atoms with Gasteiger partial charge in [0, 0.05) is 37.1 Å². The highest BCUT2D eigenvalue weighted by molar-refractivity contribution is 7.89. The first-order valence-corrected chi connectivity index (χ1v) is 15.8. The predicted molar refractivity (Wildman–Crippen MR) is 153 cm³/mol. The number of hydrogen-bond donors (Lipinski definition) is 4. The maximum Gasteiger partial charge on any atom is 0.248 e. The Labute approximate surface area is 245 Å². The molecule has 15 heteroatoms.